The molecule has 0 aromatic carbocycles. The molecule has 31 heavy (non-hydrogen) atoms. The zero-order valence-electron chi connectivity index (χ0n) is 17.9. The highest BCUT2D eigenvalue weighted by atomic mass is 19.4. The first-order chi connectivity index (χ1) is 14.4. The minimum absolute atomic E-state index is 0.0442. The second kappa shape index (κ2) is 9.76. The normalized spacial score (nSPS) is 12.4. The molecule has 2 aromatic rings. The zero-order chi connectivity index (χ0) is 23.3. The number of amides is 2. The van der Waals surface area contributed by atoms with Gasteiger partial charge in [-0.2, -0.15) is 13.2 Å². The molecule has 168 valence electrons. The van der Waals surface area contributed by atoms with E-state index in [9.17, 15) is 22.8 Å². The van der Waals surface area contributed by atoms with E-state index in [2.05, 4.69) is 20.6 Å². The molecule has 0 aliphatic heterocycles. The molecule has 0 radical (unpaired) electrons. The molecule has 0 spiro atoms. The molecule has 1 atom stereocenters. The molecular weight excluding hydrogens is 413 g/mol. The lowest BCUT2D eigenvalue weighted by Gasteiger charge is -2.17. The predicted octanol–water partition coefficient (Wildman–Crippen LogP) is 4.12. The molecule has 2 heterocycles. The fraction of sp³-hybridized carbons (Fsp3) is 0.429. The number of aromatic nitrogens is 2. The number of nitrogens with one attached hydrogen (secondary N) is 2. The first-order valence-electron chi connectivity index (χ1n) is 9.63. The Morgan fingerprint density at radius 1 is 1.10 bits per heavy atom. The highest BCUT2D eigenvalue weighted by Crippen LogP contribution is 2.22. The molecule has 1 unspecified atom stereocenters. The summed E-state index contributed by atoms with van der Waals surface area (Å²) in [7, 11) is 0. The largest absolute Gasteiger partial charge is 0.482 e. The molecule has 0 saturated heterocycles. The lowest BCUT2D eigenvalue weighted by atomic mass is 10.1. The number of alkyl halides is 3. The van der Waals surface area contributed by atoms with E-state index in [1.165, 1.54) is 19.1 Å². The Hall–Kier alpha value is -3.17. The molecular formula is C21H25F3N4O3. The van der Waals surface area contributed by atoms with Gasteiger partial charge < -0.3 is 15.4 Å². The molecule has 10 heteroatoms. The Kier molecular flexibility index (Phi) is 7.59. The average molecular weight is 438 g/mol. The van der Waals surface area contributed by atoms with E-state index in [0.29, 0.717) is 11.5 Å². The van der Waals surface area contributed by atoms with E-state index >= 15 is 0 Å². The third-order valence-corrected chi connectivity index (χ3v) is 4.26. The summed E-state index contributed by atoms with van der Waals surface area (Å²) in [6.07, 6.45) is -4.46. The number of carbonyl (C=O) groups is 2. The molecule has 7 nitrogen and oxygen atoms in total. The number of hydrogen-bond donors (Lipinski definition) is 2. The van der Waals surface area contributed by atoms with Crippen molar-refractivity contribution in [3.63, 3.8) is 0 Å². The van der Waals surface area contributed by atoms with Crippen molar-refractivity contribution in [3.8, 4) is 5.75 Å². The molecule has 2 amide bonds. The van der Waals surface area contributed by atoms with Crippen molar-refractivity contribution in [2.24, 2.45) is 5.92 Å². The van der Waals surface area contributed by atoms with E-state index in [4.69, 9.17) is 4.74 Å². The third kappa shape index (κ3) is 7.23. The van der Waals surface area contributed by atoms with Gasteiger partial charge in [-0.15, -0.1) is 0 Å². The Labute approximate surface area is 178 Å². The molecule has 0 bridgehead atoms. The van der Waals surface area contributed by atoms with E-state index in [0.717, 1.165) is 5.56 Å². The van der Waals surface area contributed by atoms with Crippen LogP contribution in [-0.4, -0.2) is 34.6 Å². The maximum absolute atomic E-state index is 12.6. The Balaban J connectivity index is 2.11. The standard InChI is InChI=1S/C21H25F3N4O3/c1-11(2)19(29)28-18-9-15(8-12(3)25-18)13(4)27-20(30)16-6-7-17(14(5)26-16)31-10-21(22,23)24/h6-9,11,13H,10H2,1-5H3,(H,27,30)(H,25,28,29). The highest BCUT2D eigenvalue weighted by molar-refractivity contribution is 5.93. The number of carbonyl (C=O) groups excluding carboxylic acids is 2. The van der Waals surface area contributed by atoms with Gasteiger partial charge in [-0.3, -0.25) is 9.59 Å². The van der Waals surface area contributed by atoms with Crippen molar-refractivity contribution in [2.75, 3.05) is 11.9 Å². The van der Waals surface area contributed by atoms with Gasteiger partial charge in [-0.1, -0.05) is 13.8 Å². The topological polar surface area (TPSA) is 93.2 Å². The van der Waals surface area contributed by atoms with Gasteiger partial charge in [-0.05, 0) is 50.6 Å². The van der Waals surface area contributed by atoms with Crippen LogP contribution in [0.4, 0.5) is 19.0 Å². The molecule has 0 aliphatic rings. The molecule has 2 N–H and O–H groups in total. The van der Waals surface area contributed by atoms with Gasteiger partial charge >= 0.3 is 6.18 Å². The summed E-state index contributed by atoms with van der Waals surface area (Å²) in [6.45, 7) is 7.09. The van der Waals surface area contributed by atoms with E-state index in [1.807, 2.05) is 0 Å². The molecule has 2 rings (SSSR count). The van der Waals surface area contributed by atoms with Crippen LogP contribution < -0.4 is 15.4 Å². The lowest BCUT2D eigenvalue weighted by Crippen LogP contribution is -2.28. The van der Waals surface area contributed by atoms with E-state index in [-0.39, 0.29) is 29.0 Å². The number of pyridine rings is 2. The van der Waals surface area contributed by atoms with Crippen molar-refractivity contribution >= 4 is 17.6 Å². The van der Waals surface area contributed by atoms with Crippen molar-refractivity contribution in [2.45, 2.75) is 46.8 Å². The summed E-state index contributed by atoms with van der Waals surface area (Å²) >= 11 is 0. The number of nitrogens with zero attached hydrogens (tertiary/aromatic N) is 2. The lowest BCUT2D eigenvalue weighted by molar-refractivity contribution is -0.153. The van der Waals surface area contributed by atoms with Crippen LogP contribution in [0.1, 0.15) is 54.3 Å². The number of rotatable bonds is 7. The predicted molar refractivity (Wildman–Crippen MR) is 109 cm³/mol. The number of halogens is 3. The first-order valence-corrected chi connectivity index (χ1v) is 9.63. The van der Waals surface area contributed by atoms with Crippen LogP contribution in [0.5, 0.6) is 5.75 Å². The van der Waals surface area contributed by atoms with Crippen molar-refractivity contribution in [1.82, 2.24) is 15.3 Å². The van der Waals surface area contributed by atoms with Crippen LogP contribution >= 0.6 is 0 Å². The second-order valence-electron chi connectivity index (χ2n) is 7.45. The molecule has 0 saturated carbocycles. The quantitative estimate of drug-likeness (QED) is 0.678. The molecule has 2 aromatic heterocycles. The van der Waals surface area contributed by atoms with Crippen LogP contribution in [-0.2, 0) is 4.79 Å². The van der Waals surface area contributed by atoms with Crippen LogP contribution in [0.25, 0.3) is 0 Å². The molecule has 0 fully saturated rings. The Bertz CT molecular complexity index is 961. The van der Waals surface area contributed by atoms with Gasteiger partial charge in [-0.25, -0.2) is 9.97 Å². The average Bonchev–Trinajstić information content (AvgIpc) is 2.65. The van der Waals surface area contributed by atoms with Gasteiger partial charge in [0, 0.05) is 11.6 Å². The summed E-state index contributed by atoms with van der Waals surface area (Å²) in [5.74, 6) is -0.541. The Morgan fingerprint density at radius 3 is 2.35 bits per heavy atom. The molecule has 0 aliphatic carbocycles. The minimum atomic E-state index is -4.46. The van der Waals surface area contributed by atoms with E-state index in [1.54, 1.807) is 39.8 Å². The summed E-state index contributed by atoms with van der Waals surface area (Å²) in [5.41, 5.74) is 1.60. The fourth-order valence-corrected chi connectivity index (χ4v) is 2.62. The monoisotopic (exact) mass is 438 g/mol. The third-order valence-electron chi connectivity index (χ3n) is 4.26. The summed E-state index contributed by atoms with van der Waals surface area (Å²) in [4.78, 5) is 32.8. The summed E-state index contributed by atoms with van der Waals surface area (Å²) < 4.78 is 41.6. The van der Waals surface area contributed by atoms with Gasteiger partial charge in [0.1, 0.15) is 17.3 Å². The first kappa shape index (κ1) is 24.1. The highest BCUT2D eigenvalue weighted by Gasteiger charge is 2.29. The SMILES string of the molecule is Cc1cc(C(C)NC(=O)c2ccc(OCC(F)(F)F)c(C)n2)cc(NC(=O)C(C)C)n1. The van der Waals surface area contributed by atoms with Gasteiger partial charge in [0.05, 0.1) is 11.7 Å². The number of anilines is 1. The summed E-state index contributed by atoms with van der Waals surface area (Å²) in [5, 5.41) is 5.51. The maximum Gasteiger partial charge on any atom is 0.422 e. The maximum atomic E-state index is 12.6. The van der Waals surface area contributed by atoms with Crippen LogP contribution in [0.3, 0.4) is 0 Å². The van der Waals surface area contributed by atoms with Gasteiger partial charge in [0.25, 0.3) is 5.91 Å². The van der Waals surface area contributed by atoms with E-state index < -0.39 is 24.7 Å². The zero-order valence-corrected chi connectivity index (χ0v) is 17.9. The smallest absolute Gasteiger partial charge is 0.422 e. The fourth-order valence-electron chi connectivity index (χ4n) is 2.62. The van der Waals surface area contributed by atoms with Gasteiger partial charge in [0.15, 0.2) is 6.61 Å². The number of aryl methyl sites for hydroxylation is 2. The Morgan fingerprint density at radius 2 is 1.77 bits per heavy atom. The summed E-state index contributed by atoms with van der Waals surface area (Å²) in [6, 6.07) is 5.59. The minimum Gasteiger partial charge on any atom is -0.482 e. The number of ether oxygens (including phenoxy) is 1. The number of hydrogen-bond acceptors (Lipinski definition) is 5. The van der Waals surface area contributed by atoms with Crippen LogP contribution in [0.15, 0.2) is 24.3 Å². The second-order valence-corrected chi connectivity index (χ2v) is 7.45. The van der Waals surface area contributed by atoms with Crippen LogP contribution in [0.2, 0.25) is 0 Å². The van der Waals surface area contributed by atoms with Crippen LogP contribution in [0, 0.1) is 19.8 Å². The van der Waals surface area contributed by atoms with Crippen molar-refractivity contribution < 1.29 is 27.5 Å². The van der Waals surface area contributed by atoms with Gasteiger partial charge in [0.2, 0.25) is 5.91 Å². The van der Waals surface area contributed by atoms with Crippen molar-refractivity contribution in [3.05, 3.63) is 46.9 Å². The van der Waals surface area contributed by atoms with Crippen molar-refractivity contribution in [1.29, 1.82) is 0 Å².